The molecule has 2 heterocycles. The normalized spacial score (nSPS) is 17.5. The molecule has 3 rings (SSSR count). The Labute approximate surface area is 118 Å². The van der Waals surface area contributed by atoms with Crippen molar-refractivity contribution in [3.8, 4) is 0 Å². The zero-order valence-corrected chi connectivity index (χ0v) is 11.9. The van der Waals surface area contributed by atoms with Gasteiger partial charge in [0.15, 0.2) is 5.65 Å². The standard InChI is InChI=1S/C15H19N3O2/c1-18-11-8-5-9-16-13(11)17-14(18)12(15(19)20-2)10-6-3-4-7-10/h5,8-10,12H,3-4,6-7H2,1-2H3. The third-order valence-electron chi connectivity index (χ3n) is 4.30. The lowest BCUT2D eigenvalue weighted by Gasteiger charge is -2.20. The molecule has 20 heavy (non-hydrogen) atoms. The molecule has 2 aromatic rings. The monoisotopic (exact) mass is 273 g/mol. The number of fused-ring (bicyclic) bond motifs is 1. The predicted molar refractivity (Wildman–Crippen MR) is 75.2 cm³/mol. The molecule has 5 heteroatoms. The van der Waals surface area contributed by atoms with Gasteiger partial charge in [-0.3, -0.25) is 4.79 Å². The molecule has 0 radical (unpaired) electrons. The number of aryl methyl sites for hydroxylation is 1. The van der Waals surface area contributed by atoms with Gasteiger partial charge in [-0.1, -0.05) is 12.8 Å². The van der Waals surface area contributed by atoms with E-state index in [9.17, 15) is 4.79 Å². The molecule has 0 saturated heterocycles. The summed E-state index contributed by atoms with van der Waals surface area (Å²) in [6, 6.07) is 3.86. The second kappa shape index (κ2) is 5.23. The molecule has 5 nitrogen and oxygen atoms in total. The van der Waals surface area contributed by atoms with Gasteiger partial charge in [-0.15, -0.1) is 0 Å². The molecular formula is C15H19N3O2. The summed E-state index contributed by atoms with van der Waals surface area (Å²) in [7, 11) is 3.39. The lowest BCUT2D eigenvalue weighted by Crippen LogP contribution is -2.24. The quantitative estimate of drug-likeness (QED) is 0.806. The van der Waals surface area contributed by atoms with Gasteiger partial charge in [0.2, 0.25) is 0 Å². The highest BCUT2D eigenvalue weighted by molar-refractivity contribution is 5.80. The molecule has 0 bridgehead atoms. The van der Waals surface area contributed by atoms with Crippen molar-refractivity contribution in [3.05, 3.63) is 24.2 Å². The Morgan fingerprint density at radius 1 is 1.45 bits per heavy atom. The minimum absolute atomic E-state index is 0.185. The van der Waals surface area contributed by atoms with Crippen LogP contribution in [0.15, 0.2) is 18.3 Å². The van der Waals surface area contributed by atoms with Crippen LogP contribution in [0.2, 0.25) is 0 Å². The molecule has 0 aliphatic heterocycles. The number of rotatable bonds is 3. The van der Waals surface area contributed by atoms with Crippen LogP contribution in [-0.2, 0) is 16.6 Å². The van der Waals surface area contributed by atoms with Crippen molar-refractivity contribution in [1.82, 2.24) is 14.5 Å². The zero-order valence-electron chi connectivity index (χ0n) is 11.9. The number of imidazole rings is 1. The number of carbonyl (C=O) groups excluding carboxylic acids is 1. The fourth-order valence-electron chi connectivity index (χ4n) is 3.25. The third kappa shape index (κ3) is 2.07. The Hall–Kier alpha value is -1.91. The third-order valence-corrected chi connectivity index (χ3v) is 4.30. The minimum atomic E-state index is -0.276. The van der Waals surface area contributed by atoms with Crippen LogP contribution in [0.5, 0.6) is 0 Å². The Morgan fingerprint density at radius 2 is 2.20 bits per heavy atom. The first kappa shape index (κ1) is 13.1. The highest BCUT2D eigenvalue weighted by Gasteiger charge is 2.36. The highest BCUT2D eigenvalue weighted by atomic mass is 16.5. The lowest BCUT2D eigenvalue weighted by molar-refractivity contribution is -0.144. The van der Waals surface area contributed by atoms with E-state index in [4.69, 9.17) is 4.74 Å². The number of ether oxygens (including phenoxy) is 1. The predicted octanol–water partition coefficient (Wildman–Crippen LogP) is 2.42. The smallest absolute Gasteiger partial charge is 0.316 e. The molecular weight excluding hydrogens is 254 g/mol. The molecule has 106 valence electrons. The number of pyridine rings is 1. The Bertz CT molecular complexity index is 629. The fraction of sp³-hybridized carbons (Fsp3) is 0.533. The van der Waals surface area contributed by atoms with Crippen LogP contribution < -0.4 is 0 Å². The maximum atomic E-state index is 12.2. The van der Waals surface area contributed by atoms with Crippen molar-refractivity contribution in [1.29, 1.82) is 0 Å². The van der Waals surface area contributed by atoms with Crippen LogP contribution in [0, 0.1) is 5.92 Å². The van der Waals surface area contributed by atoms with E-state index in [0.29, 0.717) is 11.6 Å². The molecule has 0 aromatic carbocycles. The topological polar surface area (TPSA) is 57.0 Å². The van der Waals surface area contributed by atoms with Gasteiger partial charge in [-0.05, 0) is 30.9 Å². The van der Waals surface area contributed by atoms with Gasteiger partial charge in [-0.25, -0.2) is 9.97 Å². The maximum absolute atomic E-state index is 12.2. The summed E-state index contributed by atoms with van der Waals surface area (Å²) >= 11 is 0. The van der Waals surface area contributed by atoms with Crippen LogP contribution in [0.25, 0.3) is 11.2 Å². The summed E-state index contributed by atoms with van der Waals surface area (Å²) in [6.07, 6.45) is 6.22. The Kier molecular flexibility index (Phi) is 3.42. The maximum Gasteiger partial charge on any atom is 0.316 e. The number of nitrogens with zero attached hydrogens (tertiary/aromatic N) is 3. The summed E-state index contributed by atoms with van der Waals surface area (Å²) < 4.78 is 6.99. The first-order valence-corrected chi connectivity index (χ1v) is 7.07. The molecule has 1 saturated carbocycles. The van der Waals surface area contributed by atoms with Crippen molar-refractivity contribution in [3.63, 3.8) is 0 Å². The van der Waals surface area contributed by atoms with E-state index in [0.717, 1.165) is 24.2 Å². The molecule has 0 N–H and O–H groups in total. The van der Waals surface area contributed by atoms with Gasteiger partial charge < -0.3 is 9.30 Å². The fourth-order valence-corrected chi connectivity index (χ4v) is 3.25. The van der Waals surface area contributed by atoms with E-state index in [1.165, 1.54) is 20.0 Å². The molecule has 1 unspecified atom stereocenters. The second-order valence-corrected chi connectivity index (χ2v) is 5.42. The number of esters is 1. The first-order chi connectivity index (χ1) is 9.72. The summed E-state index contributed by atoms with van der Waals surface area (Å²) in [6.45, 7) is 0. The van der Waals surface area contributed by atoms with Gasteiger partial charge in [0, 0.05) is 13.2 Å². The van der Waals surface area contributed by atoms with Crippen LogP contribution >= 0.6 is 0 Å². The first-order valence-electron chi connectivity index (χ1n) is 7.07. The Morgan fingerprint density at radius 3 is 2.85 bits per heavy atom. The summed E-state index contributed by atoms with van der Waals surface area (Å²) in [4.78, 5) is 21.1. The zero-order chi connectivity index (χ0) is 14.1. The van der Waals surface area contributed by atoms with Crippen molar-refractivity contribution in [2.75, 3.05) is 7.11 Å². The van der Waals surface area contributed by atoms with Crippen molar-refractivity contribution in [2.24, 2.45) is 13.0 Å². The molecule has 0 spiro atoms. The number of hydrogen-bond acceptors (Lipinski definition) is 4. The second-order valence-electron chi connectivity index (χ2n) is 5.42. The van der Waals surface area contributed by atoms with Gasteiger partial charge in [-0.2, -0.15) is 0 Å². The van der Waals surface area contributed by atoms with E-state index in [-0.39, 0.29) is 11.9 Å². The summed E-state index contributed by atoms with van der Waals surface area (Å²) in [5.74, 6) is 0.646. The van der Waals surface area contributed by atoms with Crippen molar-refractivity contribution >= 4 is 17.1 Å². The van der Waals surface area contributed by atoms with E-state index < -0.39 is 0 Å². The highest BCUT2D eigenvalue weighted by Crippen LogP contribution is 2.38. The average molecular weight is 273 g/mol. The average Bonchev–Trinajstić information content (AvgIpc) is 3.09. The van der Waals surface area contributed by atoms with Gasteiger partial charge >= 0.3 is 5.97 Å². The van der Waals surface area contributed by atoms with Crippen LogP contribution in [0.3, 0.4) is 0 Å². The molecule has 0 amide bonds. The van der Waals surface area contributed by atoms with E-state index in [1.807, 2.05) is 23.7 Å². The minimum Gasteiger partial charge on any atom is -0.468 e. The van der Waals surface area contributed by atoms with E-state index in [1.54, 1.807) is 6.20 Å². The molecule has 1 aliphatic carbocycles. The molecule has 2 aromatic heterocycles. The van der Waals surface area contributed by atoms with Crippen molar-refractivity contribution in [2.45, 2.75) is 31.6 Å². The number of hydrogen-bond donors (Lipinski definition) is 0. The van der Waals surface area contributed by atoms with Gasteiger partial charge in [0.05, 0.1) is 12.6 Å². The van der Waals surface area contributed by atoms with Crippen LogP contribution in [-0.4, -0.2) is 27.6 Å². The summed E-state index contributed by atoms with van der Waals surface area (Å²) in [5.41, 5.74) is 1.64. The van der Waals surface area contributed by atoms with Crippen LogP contribution in [0.4, 0.5) is 0 Å². The van der Waals surface area contributed by atoms with E-state index in [2.05, 4.69) is 9.97 Å². The largest absolute Gasteiger partial charge is 0.468 e. The van der Waals surface area contributed by atoms with Gasteiger partial charge in [0.1, 0.15) is 11.7 Å². The van der Waals surface area contributed by atoms with Crippen molar-refractivity contribution < 1.29 is 9.53 Å². The lowest BCUT2D eigenvalue weighted by atomic mass is 9.90. The number of aromatic nitrogens is 3. The van der Waals surface area contributed by atoms with Gasteiger partial charge in [0.25, 0.3) is 0 Å². The molecule has 1 aliphatic rings. The number of methoxy groups -OCH3 is 1. The molecule has 1 atom stereocenters. The van der Waals surface area contributed by atoms with Crippen LogP contribution in [0.1, 0.15) is 37.4 Å². The van der Waals surface area contributed by atoms with E-state index >= 15 is 0 Å². The summed E-state index contributed by atoms with van der Waals surface area (Å²) in [5, 5.41) is 0. The Balaban J connectivity index is 2.08. The SMILES string of the molecule is COC(=O)C(c1nc2ncccc2n1C)C1CCCC1. The molecule has 1 fully saturated rings. The number of carbonyl (C=O) groups is 1.